The zero-order valence-corrected chi connectivity index (χ0v) is 23.4. The molecule has 5 rings (SSSR count). The molecular weight excluding hydrogens is 554 g/mol. The van der Waals surface area contributed by atoms with Crippen LogP contribution in [0.15, 0.2) is 71.7 Å². The molecule has 0 saturated heterocycles. The van der Waals surface area contributed by atoms with E-state index >= 15 is 8.78 Å². The fraction of sp³-hybridized carbons (Fsp3) is 0.276. The number of nitrogens with one attached hydrogen (secondary N) is 1. The van der Waals surface area contributed by atoms with Crippen molar-refractivity contribution in [2.45, 2.75) is 33.2 Å². The topological polar surface area (TPSA) is 122 Å². The molecule has 214 valence electrons. The van der Waals surface area contributed by atoms with Gasteiger partial charge in [0, 0.05) is 23.7 Å². The van der Waals surface area contributed by atoms with Crippen molar-refractivity contribution in [1.29, 1.82) is 0 Å². The van der Waals surface area contributed by atoms with Crippen LogP contribution in [0.3, 0.4) is 0 Å². The van der Waals surface area contributed by atoms with Gasteiger partial charge in [0.2, 0.25) is 5.82 Å². The van der Waals surface area contributed by atoms with E-state index in [1.165, 1.54) is 48.9 Å². The molecule has 1 unspecified atom stereocenters. The van der Waals surface area contributed by atoms with Crippen LogP contribution in [0.1, 0.15) is 49.3 Å². The van der Waals surface area contributed by atoms with Crippen molar-refractivity contribution < 1.29 is 31.8 Å². The third-order valence-corrected chi connectivity index (χ3v) is 9.08. The van der Waals surface area contributed by atoms with Crippen LogP contribution in [0, 0.1) is 17.0 Å². The SMILES string of the molecule is C=C(C)COc1ccc(C2C3=C(CC(C)(C)CS3(=O)=O)Nc3c(O)cccc3N2C(=O)c2cnccn2)c(F)c1F. The quantitative estimate of drug-likeness (QED) is 0.308. The molecule has 2 aliphatic rings. The molecule has 1 aromatic heterocycles. The lowest BCUT2D eigenvalue weighted by atomic mass is 9.88. The van der Waals surface area contributed by atoms with Crippen molar-refractivity contribution in [3.63, 3.8) is 0 Å². The average molecular weight is 583 g/mol. The number of allylic oxidation sites excluding steroid dienone is 1. The van der Waals surface area contributed by atoms with Crippen molar-refractivity contribution >= 4 is 27.1 Å². The summed E-state index contributed by atoms with van der Waals surface area (Å²) < 4.78 is 64.8. The number of ether oxygens (including phenoxy) is 1. The van der Waals surface area contributed by atoms with Crippen LogP contribution in [-0.4, -0.2) is 41.8 Å². The maximum atomic E-state index is 16.0. The number of phenols is 1. The van der Waals surface area contributed by atoms with Crippen molar-refractivity contribution in [1.82, 2.24) is 9.97 Å². The summed E-state index contributed by atoms with van der Waals surface area (Å²) in [5.74, 6) is -4.55. The third-order valence-electron chi connectivity index (χ3n) is 6.78. The number of aromatic nitrogens is 2. The summed E-state index contributed by atoms with van der Waals surface area (Å²) in [6.07, 6.45) is 3.99. The first-order chi connectivity index (χ1) is 19.3. The van der Waals surface area contributed by atoms with Crippen LogP contribution in [0.5, 0.6) is 11.5 Å². The average Bonchev–Trinajstić information content (AvgIpc) is 3.04. The van der Waals surface area contributed by atoms with E-state index in [-0.39, 0.29) is 52.2 Å². The molecule has 1 atom stereocenters. The minimum Gasteiger partial charge on any atom is -0.506 e. The predicted molar refractivity (Wildman–Crippen MR) is 149 cm³/mol. The lowest BCUT2D eigenvalue weighted by Crippen LogP contribution is -2.41. The van der Waals surface area contributed by atoms with Crippen LogP contribution in [-0.2, 0) is 9.84 Å². The number of phenolic OH excluding ortho intramolecular Hbond substituents is 1. The Morgan fingerprint density at radius 2 is 1.98 bits per heavy atom. The van der Waals surface area contributed by atoms with Crippen LogP contribution in [0.25, 0.3) is 0 Å². The van der Waals surface area contributed by atoms with Crippen molar-refractivity contribution in [2.75, 3.05) is 22.6 Å². The second kappa shape index (κ2) is 10.3. The van der Waals surface area contributed by atoms with Gasteiger partial charge in [-0.2, -0.15) is 4.39 Å². The van der Waals surface area contributed by atoms with E-state index in [2.05, 4.69) is 21.9 Å². The summed E-state index contributed by atoms with van der Waals surface area (Å²) in [7, 11) is -4.18. The standard InChI is InChI=1S/C29H28F2N4O5S/c1-16(2)14-40-22-9-8-17(23(30)24(22)31)26-27-18(12-29(3,4)15-41(27,38)39)34-25-20(6-5-7-21(25)36)35(26)28(37)19-13-32-10-11-33-19/h5-11,13,26,34,36H,1,12,14-15H2,2-4H3. The Balaban J connectivity index is 1.84. The Bertz CT molecular complexity index is 1710. The first-order valence-electron chi connectivity index (χ1n) is 12.7. The highest BCUT2D eigenvalue weighted by Gasteiger charge is 2.48. The zero-order valence-electron chi connectivity index (χ0n) is 22.6. The Hall–Kier alpha value is -4.32. The summed E-state index contributed by atoms with van der Waals surface area (Å²) in [6, 6.07) is 5.01. The zero-order chi connectivity index (χ0) is 29.7. The second-order valence-electron chi connectivity index (χ2n) is 10.9. The maximum Gasteiger partial charge on any atom is 0.279 e. The van der Waals surface area contributed by atoms with Gasteiger partial charge in [0.15, 0.2) is 21.4 Å². The van der Waals surface area contributed by atoms with E-state index in [0.717, 1.165) is 4.90 Å². The summed E-state index contributed by atoms with van der Waals surface area (Å²) in [5, 5.41) is 13.9. The van der Waals surface area contributed by atoms with Gasteiger partial charge in [0.25, 0.3) is 5.91 Å². The Morgan fingerprint density at radius 3 is 2.66 bits per heavy atom. The number of aromatic hydroxyl groups is 1. The molecule has 41 heavy (non-hydrogen) atoms. The fourth-order valence-electron chi connectivity index (χ4n) is 5.21. The van der Waals surface area contributed by atoms with Gasteiger partial charge in [-0.25, -0.2) is 17.8 Å². The summed E-state index contributed by atoms with van der Waals surface area (Å²) in [5.41, 5.74) is -0.529. The van der Waals surface area contributed by atoms with E-state index in [4.69, 9.17) is 4.74 Å². The van der Waals surface area contributed by atoms with Gasteiger partial charge in [-0.1, -0.05) is 26.5 Å². The van der Waals surface area contributed by atoms with Gasteiger partial charge in [-0.05, 0) is 48.6 Å². The Labute approximate surface area is 236 Å². The third kappa shape index (κ3) is 5.15. The van der Waals surface area contributed by atoms with Crippen LogP contribution < -0.4 is 15.0 Å². The minimum absolute atomic E-state index is 0.0370. The molecule has 12 heteroatoms. The number of amides is 1. The molecule has 1 amide bonds. The van der Waals surface area contributed by atoms with Crippen LogP contribution >= 0.6 is 0 Å². The number of carbonyl (C=O) groups is 1. The number of anilines is 2. The molecule has 0 fully saturated rings. The van der Waals surface area contributed by atoms with Crippen molar-refractivity contribution in [3.05, 3.63) is 94.6 Å². The molecule has 0 radical (unpaired) electrons. The van der Waals surface area contributed by atoms with E-state index < -0.39 is 50.1 Å². The van der Waals surface area contributed by atoms with E-state index in [0.29, 0.717) is 5.57 Å². The van der Waals surface area contributed by atoms with Gasteiger partial charge in [0.1, 0.15) is 29.8 Å². The number of carbonyl (C=O) groups excluding carboxylic acids is 1. The molecule has 0 spiro atoms. The highest BCUT2D eigenvalue weighted by atomic mass is 32.2. The molecule has 2 N–H and O–H groups in total. The second-order valence-corrected chi connectivity index (χ2v) is 12.9. The molecule has 9 nitrogen and oxygen atoms in total. The van der Waals surface area contributed by atoms with Crippen LogP contribution in [0.2, 0.25) is 0 Å². The smallest absolute Gasteiger partial charge is 0.279 e. The van der Waals surface area contributed by atoms with Gasteiger partial charge in [-0.3, -0.25) is 14.7 Å². The first-order valence-corrected chi connectivity index (χ1v) is 14.4. The fourth-order valence-corrected chi connectivity index (χ4v) is 7.57. The molecule has 2 aromatic carbocycles. The number of nitrogens with zero attached hydrogens (tertiary/aromatic N) is 3. The molecule has 0 bridgehead atoms. The van der Waals surface area contributed by atoms with E-state index in [1.807, 2.05) is 0 Å². The molecule has 3 heterocycles. The molecule has 2 aliphatic heterocycles. The monoisotopic (exact) mass is 582 g/mol. The number of fused-ring (bicyclic) bond motifs is 1. The Kier molecular flexibility index (Phi) is 7.06. The van der Waals surface area contributed by atoms with E-state index in [9.17, 15) is 18.3 Å². The summed E-state index contributed by atoms with van der Waals surface area (Å²) >= 11 is 0. The molecule has 0 saturated carbocycles. The first kappa shape index (κ1) is 28.2. The van der Waals surface area contributed by atoms with Gasteiger partial charge < -0.3 is 15.2 Å². The highest BCUT2D eigenvalue weighted by Crippen LogP contribution is 2.52. The highest BCUT2D eigenvalue weighted by molar-refractivity contribution is 7.95. The maximum absolute atomic E-state index is 16.0. The number of halogens is 2. The molecular formula is C29H28F2N4O5S. The number of sulfone groups is 1. The van der Waals surface area contributed by atoms with E-state index in [1.54, 1.807) is 20.8 Å². The number of rotatable bonds is 5. The number of para-hydroxylation sites is 1. The summed E-state index contributed by atoms with van der Waals surface area (Å²) in [6.45, 7) is 8.81. The minimum atomic E-state index is -4.18. The lowest BCUT2D eigenvalue weighted by Gasteiger charge is -2.37. The Morgan fingerprint density at radius 1 is 1.22 bits per heavy atom. The summed E-state index contributed by atoms with van der Waals surface area (Å²) in [4.78, 5) is 22.8. The van der Waals surface area contributed by atoms with Gasteiger partial charge in [0.05, 0.1) is 22.5 Å². The largest absolute Gasteiger partial charge is 0.506 e. The van der Waals surface area contributed by atoms with Crippen molar-refractivity contribution in [3.8, 4) is 11.5 Å². The van der Waals surface area contributed by atoms with Gasteiger partial charge in [-0.15, -0.1) is 0 Å². The number of hydrogen-bond donors (Lipinski definition) is 2. The van der Waals surface area contributed by atoms with Crippen LogP contribution in [0.4, 0.5) is 20.2 Å². The normalized spacial score (nSPS) is 19.0. The van der Waals surface area contributed by atoms with Gasteiger partial charge >= 0.3 is 0 Å². The number of benzene rings is 2. The predicted octanol–water partition coefficient (Wildman–Crippen LogP) is 5.29. The lowest BCUT2D eigenvalue weighted by molar-refractivity contribution is 0.0975. The van der Waals surface area contributed by atoms with Crippen molar-refractivity contribution in [2.24, 2.45) is 5.41 Å². The molecule has 0 aliphatic carbocycles. The molecule has 3 aromatic rings. The number of hydrogen-bond acceptors (Lipinski definition) is 8.